The Morgan fingerprint density at radius 2 is 1.17 bits per heavy atom. The zero-order valence-electron chi connectivity index (χ0n) is 23.9. The van der Waals surface area contributed by atoms with Gasteiger partial charge in [0.15, 0.2) is 5.78 Å². The summed E-state index contributed by atoms with van der Waals surface area (Å²) < 4.78 is 10.7. The average Bonchev–Trinajstić information content (AvgIpc) is 3.77. The number of alkyl carbamates (subject to hydrolysis) is 1. The molecule has 1 fully saturated rings. The van der Waals surface area contributed by atoms with Gasteiger partial charge in [-0.3, -0.25) is 14.4 Å². The number of ketones is 1. The molecular formula is C33H37N3O6. The molecule has 0 spiro atoms. The first-order valence-electron chi connectivity index (χ1n) is 14.1. The van der Waals surface area contributed by atoms with E-state index in [0.717, 1.165) is 16.7 Å². The molecule has 220 valence electrons. The van der Waals surface area contributed by atoms with Crippen molar-refractivity contribution in [2.24, 2.45) is 0 Å². The Morgan fingerprint density at radius 1 is 0.714 bits per heavy atom. The highest BCUT2D eigenvalue weighted by Gasteiger charge is 2.50. The van der Waals surface area contributed by atoms with Crippen LogP contribution >= 0.6 is 0 Å². The highest BCUT2D eigenvalue weighted by molar-refractivity contribution is 5.98. The van der Waals surface area contributed by atoms with Crippen LogP contribution in [0, 0.1) is 0 Å². The zero-order valence-corrected chi connectivity index (χ0v) is 23.9. The van der Waals surface area contributed by atoms with Crippen LogP contribution in [0.1, 0.15) is 37.0 Å². The monoisotopic (exact) mass is 571 g/mol. The molecule has 4 rings (SSSR count). The van der Waals surface area contributed by atoms with E-state index >= 15 is 0 Å². The smallest absolute Gasteiger partial charge is 0.408 e. The lowest BCUT2D eigenvalue weighted by molar-refractivity contribution is -0.133. The maximum absolute atomic E-state index is 13.7. The summed E-state index contributed by atoms with van der Waals surface area (Å²) in [6.07, 6.45) is 0.00318. The third kappa shape index (κ3) is 8.75. The van der Waals surface area contributed by atoms with E-state index < -0.39 is 41.6 Å². The number of nitrogens with one attached hydrogen (secondary N) is 3. The normalized spacial score (nSPS) is 17.7. The van der Waals surface area contributed by atoms with E-state index in [-0.39, 0.29) is 31.7 Å². The van der Waals surface area contributed by atoms with Crippen LogP contribution in [0.4, 0.5) is 4.79 Å². The fraction of sp³-hybridized carbons (Fsp3) is 0.333. The summed E-state index contributed by atoms with van der Waals surface area (Å²) in [6, 6.07) is 25.1. The number of rotatable bonds is 14. The number of amides is 3. The molecule has 9 heteroatoms. The number of ether oxygens (including phenoxy) is 2. The van der Waals surface area contributed by atoms with Crippen molar-refractivity contribution in [3.05, 3.63) is 108 Å². The Hall–Kier alpha value is -4.50. The van der Waals surface area contributed by atoms with Crippen LogP contribution in [-0.4, -0.2) is 54.0 Å². The minimum atomic E-state index is -1.00. The quantitative estimate of drug-likeness (QED) is 0.254. The third-order valence-electron chi connectivity index (χ3n) is 7.16. The van der Waals surface area contributed by atoms with Gasteiger partial charge >= 0.3 is 6.09 Å². The van der Waals surface area contributed by atoms with E-state index in [4.69, 9.17) is 9.47 Å². The highest BCUT2D eigenvalue weighted by Crippen LogP contribution is 2.29. The van der Waals surface area contributed by atoms with Crippen molar-refractivity contribution in [3.8, 4) is 0 Å². The van der Waals surface area contributed by atoms with Gasteiger partial charge in [-0.05, 0) is 36.5 Å². The summed E-state index contributed by atoms with van der Waals surface area (Å²) in [5, 5.41) is 8.26. The Kier molecular flexibility index (Phi) is 10.4. The van der Waals surface area contributed by atoms with Crippen LogP contribution in [0.25, 0.3) is 0 Å². The molecule has 0 bridgehead atoms. The van der Waals surface area contributed by atoms with Crippen LogP contribution in [0.2, 0.25) is 0 Å². The van der Waals surface area contributed by atoms with E-state index in [2.05, 4.69) is 16.0 Å². The number of hydrogen-bond acceptors (Lipinski definition) is 6. The first kappa shape index (κ1) is 30.5. The van der Waals surface area contributed by atoms with Crippen LogP contribution < -0.4 is 16.0 Å². The van der Waals surface area contributed by atoms with E-state index in [1.54, 1.807) is 13.8 Å². The molecule has 4 atom stereocenters. The van der Waals surface area contributed by atoms with Crippen molar-refractivity contribution < 1.29 is 28.7 Å². The van der Waals surface area contributed by atoms with Crippen molar-refractivity contribution in [2.75, 3.05) is 6.61 Å². The standard InChI is InChI=1S/C33H37N3O6/c1-3-26(36-32(40)41-21-25-17-11-6-12-18-25)30(38)35-28(20-24-15-9-5-10-16-24)31(39)34-27(29(37)33(2)22-42-33)19-23-13-7-4-8-14-23/h4-18,26-28H,3,19-22H2,1-2H3,(H,34,39)(H,35,38)(H,36,40)/t26-,27?,28+,33?/m1/s1. The second-order valence-corrected chi connectivity index (χ2v) is 10.6. The molecule has 3 N–H and O–H groups in total. The molecular weight excluding hydrogens is 534 g/mol. The summed E-state index contributed by atoms with van der Waals surface area (Å²) in [5.41, 5.74) is 1.58. The number of carbonyl (C=O) groups is 4. The van der Waals surface area contributed by atoms with Crippen LogP contribution in [-0.2, 0) is 43.3 Å². The number of Topliss-reactive ketones (excluding diaryl/α,β-unsaturated/α-hetero) is 1. The first-order valence-corrected chi connectivity index (χ1v) is 14.1. The highest BCUT2D eigenvalue weighted by atomic mass is 16.6. The average molecular weight is 572 g/mol. The number of benzene rings is 3. The molecule has 0 saturated carbocycles. The van der Waals surface area contributed by atoms with E-state index in [1.165, 1.54) is 0 Å². The van der Waals surface area contributed by atoms with E-state index in [0.29, 0.717) is 6.61 Å². The number of epoxide rings is 1. The maximum atomic E-state index is 13.7. The topological polar surface area (TPSA) is 126 Å². The van der Waals surface area contributed by atoms with Gasteiger partial charge in [0.2, 0.25) is 11.8 Å². The fourth-order valence-electron chi connectivity index (χ4n) is 4.54. The molecule has 0 aliphatic carbocycles. The molecule has 1 saturated heterocycles. The lowest BCUT2D eigenvalue weighted by Crippen LogP contribution is -2.57. The van der Waals surface area contributed by atoms with Crippen LogP contribution in [0.5, 0.6) is 0 Å². The van der Waals surface area contributed by atoms with Gasteiger partial charge in [0.1, 0.15) is 24.3 Å². The lowest BCUT2D eigenvalue weighted by Gasteiger charge is -2.26. The Morgan fingerprint density at radius 3 is 1.67 bits per heavy atom. The number of hydrogen-bond donors (Lipinski definition) is 3. The zero-order chi connectivity index (χ0) is 30.0. The second kappa shape index (κ2) is 14.4. The van der Waals surface area contributed by atoms with Crippen molar-refractivity contribution >= 4 is 23.7 Å². The predicted molar refractivity (Wildman–Crippen MR) is 157 cm³/mol. The summed E-state index contributed by atoms with van der Waals surface area (Å²) >= 11 is 0. The van der Waals surface area contributed by atoms with Crippen molar-refractivity contribution in [1.82, 2.24) is 16.0 Å². The minimum absolute atomic E-state index is 0.0588. The van der Waals surface area contributed by atoms with Gasteiger partial charge in [0.25, 0.3) is 0 Å². The lowest BCUT2D eigenvalue weighted by atomic mass is 9.94. The van der Waals surface area contributed by atoms with Crippen molar-refractivity contribution in [2.45, 2.75) is 63.4 Å². The SMILES string of the molecule is CC[C@@H](NC(=O)OCc1ccccc1)C(=O)N[C@@H](Cc1ccccc1)C(=O)NC(Cc1ccccc1)C(=O)C1(C)CO1. The molecule has 3 aromatic carbocycles. The first-order chi connectivity index (χ1) is 20.3. The molecule has 2 unspecified atom stereocenters. The largest absolute Gasteiger partial charge is 0.445 e. The van der Waals surface area contributed by atoms with Gasteiger partial charge in [-0.15, -0.1) is 0 Å². The van der Waals surface area contributed by atoms with Crippen LogP contribution in [0.3, 0.4) is 0 Å². The molecule has 1 heterocycles. The summed E-state index contributed by atoms with van der Waals surface area (Å²) in [6.45, 7) is 3.81. The Bertz CT molecular complexity index is 1350. The van der Waals surface area contributed by atoms with Gasteiger partial charge < -0.3 is 25.4 Å². The van der Waals surface area contributed by atoms with Crippen molar-refractivity contribution in [3.63, 3.8) is 0 Å². The maximum Gasteiger partial charge on any atom is 0.408 e. The molecule has 0 aromatic heterocycles. The molecule has 1 aliphatic heterocycles. The Balaban J connectivity index is 1.45. The molecule has 3 aromatic rings. The molecule has 0 radical (unpaired) electrons. The van der Waals surface area contributed by atoms with Gasteiger partial charge in [-0.2, -0.15) is 0 Å². The third-order valence-corrected chi connectivity index (χ3v) is 7.16. The number of carbonyl (C=O) groups excluding carboxylic acids is 4. The Labute approximate surface area is 246 Å². The van der Waals surface area contributed by atoms with Gasteiger partial charge in [-0.1, -0.05) is 97.9 Å². The van der Waals surface area contributed by atoms with Gasteiger partial charge in [-0.25, -0.2) is 4.79 Å². The molecule has 1 aliphatic rings. The van der Waals surface area contributed by atoms with Gasteiger partial charge in [0, 0.05) is 6.42 Å². The fourth-order valence-corrected chi connectivity index (χ4v) is 4.54. The van der Waals surface area contributed by atoms with Crippen molar-refractivity contribution in [1.29, 1.82) is 0 Å². The summed E-state index contributed by atoms with van der Waals surface area (Å²) in [4.78, 5) is 52.8. The van der Waals surface area contributed by atoms with E-state index in [1.807, 2.05) is 91.0 Å². The predicted octanol–water partition coefficient (Wildman–Crippen LogP) is 3.50. The van der Waals surface area contributed by atoms with Crippen LogP contribution in [0.15, 0.2) is 91.0 Å². The minimum Gasteiger partial charge on any atom is -0.445 e. The summed E-state index contributed by atoms with van der Waals surface area (Å²) in [7, 11) is 0. The molecule has 9 nitrogen and oxygen atoms in total. The molecule has 3 amide bonds. The second-order valence-electron chi connectivity index (χ2n) is 10.6. The molecule has 42 heavy (non-hydrogen) atoms. The summed E-state index contributed by atoms with van der Waals surface area (Å²) in [5.74, 6) is -1.26. The van der Waals surface area contributed by atoms with Gasteiger partial charge in [0.05, 0.1) is 12.6 Å². The van der Waals surface area contributed by atoms with E-state index in [9.17, 15) is 19.2 Å².